The maximum atomic E-state index is 11.4. The molecular weight excluding hydrogens is 274 g/mol. The summed E-state index contributed by atoms with van der Waals surface area (Å²) < 4.78 is 2.21. The van der Waals surface area contributed by atoms with Crippen LogP contribution in [0, 0.1) is 6.92 Å². The second-order valence-electron chi connectivity index (χ2n) is 5.53. The first kappa shape index (κ1) is 14.4. The molecule has 22 heavy (non-hydrogen) atoms. The van der Waals surface area contributed by atoms with E-state index >= 15 is 0 Å². The zero-order chi connectivity index (χ0) is 15.7. The Morgan fingerprint density at radius 1 is 1.14 bits per heavy atom. The molecule has 0 aliphatic rings. The summed E-state index contributed by atoms with van der Waals surface area (Å²) in [7, 11) is 0. The van der Waals surface area contributed by atoms with Crippen molar-refractivity contribution in [3.05, 3.63) is 59.7 Å². The summed E-state index contributed by atoms with van der Waals surface area (Å²) in [6, 6.07) is 16.3. The lowest BCUT2D eigenvalue weighted by Crippen LogP contribution is -2.03. The minimum Gasteiger partial charge on any atom is -0.481 e. The Balaban J connectivity index is 2.39. The van der Waals surface area contributed by atoms with Crippen molar-refractivity contribution in [2.75, 3.05) is 0 Å². The Bertz CT molecular complexity index is 832. The van der Waals surface area contributed by atoms with E-state index in [0.29, 0.717) is 0 Å². The Morgan fingerprint density at radius 3 is 2.50 bits per heavy atom. The molecule has 0 bridgehead atoms. The van der Waals surface area contributed by atoms with Crippen LogP contribution in [0.3, 0.4) is 0 Å². The molecule has 0 amide bonds. The Hall–Kier alpha value is -2.55. The van der Waals surface area contributed by atoms with Crippen LogP contribution in [0.4, 0.5) is 0 Å². The molecule has 0 aliphatic carbocycles. The molecule has 0 radical (unpaired) electrons. The molecule has 0 atom stereocenters. The molecule has 2 aromatic carbocycles. The van der Waals surface area contributed by atoms with Gasteiger partial charge in [0.15, 0.2) is 0 Å². The van der Waals surface area contributed by atoms with Gasteiger partial charge in [-0.15, -0.1) is 0 Å². The molecule has 112 valence electrons. The quantitative estimate of drug-likeness (QED) is 0.780. The number of fused-ring (bicyclic) bond motifs is 1. The molecule has 3 aromatic rings. The highest BCUT2D eigenvalue weighted by atomic mass is 16.4. The maximum absolute atomic E-state index is 11.4. The third kappa shape index (κ3) is 2.39. The monoisotopic (exact) mass is 293 g/mol. The molecule has 1 aromatic heterocycles. The number of benzene rings is 2. The Kier molecular flexibility index (Phi) is 3.72. The van der Waals surface area contributed by atoms with Gasteiger partial charge in [-0.05, 0) is 37.1 Å². The van der Waals surface area contributed by atoms with E-state index in [1.54, 1.807) is 0 Å². The number of hydrogen-bond acceptors (Lipinski definition) is 1. The van der Waals surface area contributed by atoms with Gasteiger partial charge in [-0.3, -0.25) is 4.79 Å². The molecule has 3 heteroatoms. The lowest BCUT2D eigenvalue weighted by molar-refractivity contribution is -0.136. The van der Waals surface area contributed by atoms with E-state index in [1.807, 2.05) is 37.3 Å². The lowest BCUT2D eigenvalue weighted by atomic mass is 10.0. The van der Waals surface area contributed by atoms with Crippen molar-refractivity contribution < 1.29 is 9.90 Å². The standard InChI is InChI=1S/C19H19NO2/c1-3-20-17-10-9-13(2)11-15(17)16(12-18(21)22)19(20)14-7-5-4-6-8-14/h4-11H,3,12H2,1-2H3,(H,21,22). The predicted molar refractivity (Wildman–Crippen MR) is 89.1 cm³/mol. The average Bonchev–Trinajstić information content (AvgIpc) is 2.80. The van der Waals surface area contributed by atoms with Crippen LogP contribution in [0.1, 0.15) is 18.1 Å². The number of carboxylic acid groups (broad SMARTS) is 1. The normalized spacial score (nSPS) is 11.0. The minimum absolute atomic E-state index is 0.0389. The topological polar surface area (TPSA) is 42.2 Å². The van der Waals surface area contributed by atoms with Crippen LogP contribution in [0.25, 0.3) is 22.2 Å². The van der Waals surface area contributed by atoms with Crippen molar-refractivity contribution in [1.82, 2.24) is 4.57 Å². The third-order valence-corrected chi connectivity index (χ3v) is 4.02. The van der Waals surface area contributed by atoms with Gasteiger partial charge in [0.25, 0.3) is 0 Å². The van der Waals surface area contributed by atoms with E-state index in [4.69, 9.17) is 0 Å². The summed E-state index contributed by atoms with van der Waals surface area (Å²) in [6.07, 6.45) is 0.0389. The first-order valence-corrected chi connectivity index (χ1v) is 7.50. The number of aliphatic carboxylic acids is 1. The molecule has 0 unspecified atom stereocenters. The molecule has 0 fully saturated rings. The SMILES string of the molecule is CCn1c(-c2ccccc2)c(CC(=O)O)c2cc(C)ccc21. The van der Waals surface area contributed by atoms with E-state index in [1.165, 1.54) is 0 Å². The molecule has 0 spiro atoms. The first-order valence-electron chi connectivity index (χ1n) is 7.50. The van der Waals surface area contributed by atoms with Gasteiger partial charge in [0.2, 0.25) is 0 Å². The minimum atomic E-state index is -0.797. The van der Waals surface area contributed by atoms with Gasteiger partial charge in [0, 0.05) is 17.4 Å². The van der Waals surface area contributed by atoms with Crippen molar-refractivity contribution in [2.45, 2.75) is 26.8 Å². The fourth-order valence-electron chi connectivity index (χ4n) is 3.12. The van der Waals surface area contributed by atoms with Gasteiger partial charge < -0.3 is 9.67 Å². The number of carboxylic acids is 1. The second kappa shape index (κ2) is 5.68. The Morgan fingerprint density at radius 2 is 1.86 bits per heavy atom. The van der Waals surface area contributed by atoms with Crippen molar-refractivity contribution in [3.8, 4) is 11.3 Å². The van der Waals surface area contributed by atoms with E-state index in [2.05, 4.69) is 29.7 Å². The first-order chi connectivity index (χ1) is 10.6. The van der Waals surface area contributed by atoms with Gasteiger partial charge >= 0.3 is 5.97 Å². The average molecular weight is 293 g/mol. The molecule has 3 nitrogen and oxygen atoms in total. The van der Waals surface area contributed by atoms with Crippen molar-refractivity contribution in [1.29, 1.82) is 0 Å². The number of rotatable bonds is 4. The molecule has 0 saturated heterocycles. The largest absolute Gasteiger partial charge is 0.481 e. The van der Waals surface area contributed by atoms with Crippen LogP contribution in [0.15, 0.2) is 48.5 Å². The maximum Gasteiger partial charge on any atom is 0.307 e. The molecule has 0 aliphatic heterocycles. The zero-order valence-corrected chi connectivity index (χ0v) is 12.8. The second-order valence-corrected chi connectivity index (χ2v) is 5.53. The number of aryl methyl sites for hydroxylation is 2. The van der Waals surface area contributed by atoms with Crippen LogP contribution >= 0.6 is 0 Å². The molecule has 0 saturated carbocycles. The van der Waals surface area contributed by atoms with Crippen LogP contribution in [0.2, 0.25) is 0 Å². The zero-order valence-electron chi connectivity index (χ0n) is 12.8. The van der Waals surface area contributed by atoms with Crippen molar-refractivity contribution in [3.63, 3.8) is 0 Å². The van der Waals surface area contributed by atoms with Crippen LogP contribution in [-0.4, -0.2) is 15.6 Å². The number of hydrogen-bond donors (Lipinski definition) is 1. The molecule has 1 N–H and O–H groups in total. The number of carbonyl (C=O) groups is 1. The predicted octanol–water partition coefficient (Wildman–Crippen LogP) is 4.26. The van der Waals surface area contributed by atoms with E-state index in [9.17, 15) is 9.90 Å². The van der Waals surface area contributed by atoms with Gasteiger partial charge in [-0.2, -0.15) is 0 Å². The highest BCUT2D eigenvalue weighted by Crippen LogP contribution is 2.34. The molecule has 1 heterocycles. The number of nitrogens with zero attached hydrogens (tertiary/aromatic N) is 1. The van der Waals surface area contributed by atoms with E-state index in [-0.39, 0.29) is 6.42 Å². The molecule has 3 rings (SSSR count). The number of aromatic nitrogens is 1. The fraction of sp³-hybridized carbons (Fsp3) is 0.211. The fourth-order valence-corrected chi connectivity index (χ4v) is 3.12. The van der Waals surface area contributed by atoms with Crippen LogP contribution in [0.5, 0.6) is 0 Å². The summed E-state index contributed by atoms with van der Waals surface area (Å²) in [6.45, 7) is 4.94. The van der Waals surface area contributed by atoms with Crippen LogP contribution in [-0.2, 0) is 17.8 Å². The summed E-state index contributed by atoms with van der Waals surface area (Å²) in [4.78, 5) is 11.4. The lowest BCUT2D eigenvalue weighted by Gasteiger charge is -2.10. The third-order valence-electron chi connectivity index (χ3n) is 4.02. The van der Waals surface area contributed by atoms with Crippen LogP contribution < -0.4 is 0 Å². The highest BCUT2D eigenvalue weighted by Gasteiger charge is 2.19. The van der Waals surface area contributed by atoms with Gasteiger partial charge in [0.1, 0.15) is 0 Å². The summed E-state index contributed by atoms with van der Waals surface area (Å²) in [5.74, 6) is -0.797. The summed E-state index contributed by atoms with van der Waals surface area (Å²) >= 11 is 0. The van der Waals surface area contributed by atoms with Gasteiger partial charge in [0.05, 0.1) is 12.1 Å². The van der Waals surface area contributed by atoms with E-state index in [0.717, 1.165) is 39.8 Å². The van der Waals surface area contributed by atoms with Gasteiger partial charge in [-0.1, -0.05) is 42.0 Å². The molecular formula is C19H19NO2. The van der Waals surface area contributed by atoms with Crippen molar-refractivity contribution >= 4 is 16.9 Å². The highest BCUT2D eigenvalue weighted by molar-refractivity contribution is 5.95. The Labute approximate surface area is 129 Å². The summed E-state index contributed by atoms with van der Waals surface area (Å²) in [5, 5.41) is 10.4. The summed E-state index contributed by atoms with van der Waals surface area (Å²) in [5.41, 5.74) is 5.23. The smallest absolute Gasteiger partial charge is 0.307 e. The van der Waals surface area contributed by atoms with Crippen molar-refractivity contribution in [2.24, 2.45) is 0 Å². The van der Waals surface area contributed by atoms with Gasteiger partial charge in [-0.25, -0.2) is 0 Å². The van der Waals surface area contributed by atoms with E-state index < -0.39 is 5.97 Å².